The van der Waals surface area contributed by atoms with Crippen LogP contribution in [0.5, 0.6) is 5.75 Å². The maximum atomic E-state index is 12.6. The van der Waals surface area contributed by atoms with Gasteiger partial charge in [-0.2, -0.15) is 0 Å². The molecular formula is C25H23Cl2N5O2S2. The van der Waals surface area contributed by atoms with Crippen molar-refractivity contribution in [2.45, 2.75) is 31.7 Å². The highest BCUT2D eigenvalue weighted by Crippen LogP contribution is 2.32. The Morgan fingerprint density at radius 1 is 1.25 bits per heavy atom. The minimum atomic E-state index is -0.336. The fourth-order valence-electron chi connectivity index (χ4n) is 3.32. The summed E-state index contributed by atoms with van der Waals surface area (Å²) in [6.45, 7) is 8.26. The molecule has 1 atom stereocenters. The summed E-state index contributed by atoms with van der Waals surface area (Å²) in [6, 6.07) is 13.0. The highest BCUT2D eigenvalue weighted by Gasteiger charge is 2.20. The molecule has 1 unspecified atom stereocenters. The van der Waals surface area contributed by atoms with Crippen molar-refractivity contribution in [2.75, 3.05) is 11.1 Å². The molecule has 186 valence electrons. The number of aromatic nitrogens is 4. The van der Waals surface area contributed by atoms with Crippen LogP contribution in [-0.2, 0) is 11.3 Å². The summed E-state index contributed by atoms with van der Waals surface area (Å²) >= 11 is 14.8. The molecular weight excluding hydrogens is 537 g/mol. The second kappa shape index (κ2) is 11.9. The summed E-state index contributed by atoms with van der Waals surface area (Å²) in [4.78, 5) is 17.1. The maximum Gasteiger partial charge on any atom is 0.236 e. The number of carbonyl (C=O) groups excluding carboxylic acids is 1. The van der Waals surface area contributed by atoms with Crippen molar-refractivity contribution in [3.05, 3.63) is 81.9 Å². The first-order chi connectivity index (χ1) is 17.3. The second-order valence-electron chi connectivity index (χ2n) is 7.81. The Morgan fingerprint density at radius 3 is 2.75 bits per heavy atom. The predicted molar refractivity (Wildman–Crippen MR) is 147 cm³/mol. The molecule has 7 nitrogen and oxygen atoms in total. The van der Waals surface area contributed by atoms with Gasteiger partial charge in [-0.05, 0) is 44.2 Å². The third-order valence-corrected chi connectivity index (χ3v) is 7.32. The van der Waals surface area contributed by atoms with E-state index in [4.69, 9.17) is 27.9 Å². The van der Waals surface area contributed by atoms with Crippen LogP contribution in [0.15, 0.2) is 65.7 Å². The average Bonchev–Trinajstić information content (AvgIpc) is 3.46. The van der Waals surface area contributed by atoms with Crippen LogP contribution in [0.4, 0.5) is 5.13 Å². The molecule has 1 amide bonds. The molecule has 2 aromatic heterocycles. The molecule has 1 N–H and O–H groups in total. The van der Waals surface area contributed by atoms with Crippen LogP contribution < -0.4 is 10.1 Å². The second-order valence-corrected chi connectivity index (χ2v) is 10.5. The number of ether oxygens (including phenoxy) is 1. The zero-order valence-corrected chi connectivity index (χ0v) is 22.7. The van der Waals surface area contributed by atoms with E-state index in [-0.39, 0.29) is 17.8 Å². The highest BCUT2D eigenvalue weighted by molar-refractivity contribution is 7.99. The number of halogens is 2. The Morgan fingerprint density at radius 2 is 2.03 bits per heavy atom. The van der Waals surface area contributed by atoms with Crippen LogP contribution in [-0.4, -0.2) is 31.4 Å². The Labute approximate surface area is 227 Å². The van der Waals surface area contributed by atoms with Gasteiger partial charge in [0.1, 0.15) is 5.75 Å². The summed E-state index contributed by atoms with van der Waals surface area (Å²) < 4.78 is 7.94. The van der Waals surface area contributed by atoms with E-state index in [0.29, 0.717) is 38.4 Å². The quantitative estimate of drug-likeness (QED) is 0.165. The summed E-state index contributed by atoms with van der Waals surface area (Å²) in [6.07, 6.45) is 1.42. The minimum absolute atomic E-state index is 0.138. The molecule has 11 heteroatoms. The number of thiazole rings is 1. The number of amides is 1. The number of anilines is 1. The molecule has 0 bridgehead atoms. The third-order valence-electron chi connectivity index (χ3n) is 5.04. The monoisotopic (exact) mass is 559 g/mol. The van der Waals surface area contributed by atoms with Gasteiger partial charge in [-0.3, -0.25) is 9.36 Å². The molecule has 0 saturated heterocycles. The van der Waals surface area contributed by atoms with E-state index in [9.17, 15) is 4.79 Å². The third kappa shape index (κ3) is 6.47. The first-order valence-corrected chi connectivity index (χ1v) is 13.6. The zero-order valence-electron chi connectivity index (χ0n) is 19.6. The fourth-order valence-corrected chi connectivity index (χ4v) is 5.31. The van der Waals surface area contributed by atoms with Crippen LogP contribution in [0.2, 0.25) is 10.0 Å². The number of aryl methyl sites for hydroxylation is 1. The average molecular weight is 561 g/mol. The van der Waals surface area contributed by atoms with Gasteiger partial charge in [0, 0.05) is 22.5 Å². The summed E-state index contributed by atoms with van der Waals surface area (Å²) in [5.74, 6) is 1.33. The summed E-state index contributed by atoms with van der Waals surface area (Å²) in [7, 11) is 0. The molecule has 36 heavy (non-hydrogen) atoms. The van der Waals surface area contributed by atoms with Gasteiger partial charge in [-0.1, -0.05) is 58.7 Å². The molecule has 0 aliphatic rings. The number of thioether (sulfide) groups is 1. The molecule has 2 aromatic carbocycles. The molecule has 4 rings (SSSR count). The van der Waals surface area contributed by atoms with Crippen molar-refractivity contribution in [1.82, 2.24) is 19.7 Å². The zero-order chi connectivity index (χ0) is 25.7. The van der Waals surface area contributed by atoms with Gasteiger partial charge in [-0.15, -0.1) is 28.1 Å². The van der Waals surface area contributed by atoms with Gasteiger partial charge in [-0.25, -0.2) is 4.98 Å². The van der Waals surface area contributed by atoms with E-state index in [1.165, 1.54) is 23.1 Å². The number of benzene rings is 2. The summed E-state index contributed by atoms with van der Waals surface area (Å²) in [5, 5.41) is 15.4. The lowest BCUT2D eigenvalue weighted by Gasteiger charge is -2.15. The Bertz CT molecular complexity index is 1370. The van der Waals surface area contributed by atoms with Gasteiger partial charge >= 0.3 is 0 Å². The van der Waals surface area contributed by atoms with Gasteiger partial charge in [0.2, 0.25) is 5.91 Å². The molecule has 4 aromatic rings. The van der Waals surface area contributed by atoms with Crippen molar-refractivity contribution >= 4 is 57.3 Å². The van der Waals surface area contributed by atoms with E-state index in [2.05, 4.69) is 27.1 Å². The number of hydrogen-bond donors (Lipinski definition) is 1. The van der Waals surface area contributed by atoms with Crippen LogP contribution >= 0.6 is 46.3 Å². The fraction of sp³-hybridized carbons (Fsp3) is 0.200. The lowest BCUT2D eigenvalue weighted by molar-refractivity contribution is -0.113. The minimum Gasteiger partial charge on any atom is -0.483 e. The first kappa shape index (κ1) is 26.2. The first-order valence-electron chi connectivity index (χ1n) is 10.9. The Kier molecular flexibility index (Phi) is 8.68. The normalized spacial score (nSPS) is 11.8. The van der Waals surface area contributed by atoms with Gasteiger partial charge in [0.25, 0.3) is 0 Å². The number of carbonyl (C=O) groups is 1. The molecule has 0 fully saturated rings. The number of rotatable bonds is 10. The van der Waals surface area contributed by atoms with Crippen LogP contribution in [0, 0.1) is 6.92 Å². The lowest BCUT2D eigenvalue weighted by Crippen LogP contribution is -2.15. The highest BCUT2D eigenvalue weighted by atomic mass is 35.5. The van der Waals surface area contributed by atoms with Crippen molar-refractivity contribution < 1.29 is 9.53 Å². The molecule has 0 aliphatic carbocycles. The van der Waals surface area contributed by atoms with Crippen molar-refractivity contribution in [2.24, 2.45) is 0 Å². The van der Waals surface area contributed by atoms with E-state index in [0.717, 1.165) is 16.9 Å². The molecule has 0 radical (unpaired) electrons. The number of hydrogen-bond acceptors (Lipinski definition) is 7. The maximum absolute atomic E-state index is 12.6. The van der Waals surface area contributed by atoms with Crippen molar-refractivity contribution in [1.29, 1.82) is 0 Å². The summed E-state index contributed by atoms with van der Waals surface area (Å²) in [5.41, 5.74) is 2.58. The van der Waals surface area contributed by atoms with E-state index in [1.807, 2.05) is 48.1 Å². The molecule has 0 spiro atoms. The molecule has 0 aliphatic heterocycles. The topological polar surface area (TPSA) is 81.9 Å². The standard InChI is InChI=1S/C25H23Cl2N5O2S2/c1-4-11-32-23(16(3)34-18-8-5-15(2)6-9-18)30-31-25(32)36-14-22(33)29-24-28-21(13-35-24)19-10-7-17(26)12-20(19)27/h4-10,12-13,16H,1,11,14H2,2-3H3,(H,28,29,33). The smallest absolute Gasteiger partial charge is 0.236 e. The SMILES string of the molecule is C=CCn1c(SCC(=O)Nc2nc(-c3ccc(Cl)cc3Cl)cs2)nnc1C(C)Oc1ccc(C)cc1. The molecule has 2 heterocycles. The van der Waals surface area contributed by atoms with Crippen LogP contribution in [0.3, 0.4) is 0 Å². The van der Waals surface area contributed by atoms with Crippen molar-refractivity contribution in [3.63, 3.8) is 0 Å². The largest absolute Gasteiger partial charge is 0.483 e. The van der Waals surface area contributed by atoms with Crippen LogP contribution in [0.25, 0.3) is 11.3 Å². The van der Waals surface area contributed by atoms with Gasteiger partial charge in [0.15, 0.2) is 22.2 Å². The van der Waals surface area contributed by atoms with E-state index < -0.39 is 0 Å². The number of nitrogens with one attached hydrogen (secondary N) is 1. The lowest BCUT2D eigenvalue weighted by atomic mass is 10.2. The van der Waals surface area contributed by atoms with Gasteiger partial charge < -0.3 is 10.1 Å². The molecule has 0 saturated carbocycles. The predicted octanol–water partition coefficient (Wildman–Crippen LogP) is 7.07. The Hall–Kier alpha value is -2.85. The van der Waals surface area contributed by atoms with Crippen LogP contribution in [0.1, 0.15) is 24.4 Å². The Balaban J connectivity index is 1.39. The van der Waals surface area contributed by atoms with Gasteiger partial charge in [0.05, 0.1) is 16.5 Å². The van der Waals surface area contributed by atoms with E-state index in [1.54, 1.807) is 24.3 Å². The van der Waals surface area contributed by atoms with E-state index >= 15 is 0 Å². The van der Waals surface area contributed by atoms with Crippen molar-refractivity contribution in [3.8, 4) is 17.0 Å². The number of nitrogens with zero attached hydrogens (tertiary/aromatic N) is 4. The number of allylic oxidation sites excluding steroid dienone is 1.